The van der Waals surface area contributed by atoms with Crippen LogP contribution in [0.15, 0.2) is 30.3 Å². The van der Waals surface area contributed by atoms with Crippen molar-refractivity contribution in [2.45, 2.75) is 12.8 Å². The molecular formula is C19H27N3O2. The zero-order valence-corrected chi connectivity index (χ0v) is 14.2. The molecule has 3 fully saturated rings. The zero-order chi connectivity index (χ0) is 16.4. The fraction of sp³-hybridized carbons (Fsp3) is 0.632. The molecule has 1 aromatic rings. The standard InChI is InChI=1S/C19H27N3O2/c23-19(20-15-6-2-1-3-7-15)22-12-16-17(13-22)18(16)14-24-11-10-21-8-4-5-9-21/h1-3,6-7,16-18H,4-5,8-14H2,(H,20,23). The average Bonchev–Trinajstić information content (AvgIpc) is 3.03. The highest BCUT2D eigenvalue weighted by Gasteiger charge is 2.56. The van der Waals surface area contributed by atoms with Gasteiger partial charge in [0.25, 0.3) is 0 Å². The number of anilines is 1. The second-order valence-electron chi connectivity index (χ2n) is 7.32. The number of rotatable bonds is 6. The normalized spacial score (nSPS) is 28.8. The molecule has 2 saturated heterocycles. The predicted molar refractivity (Wildman–Crippen MR) is 94.0 cm³/mol. The largest absolute Gasteiger partial charge is 0.380 e. The van der Waals surface area contributed by atoms with Crippen LogP contribution in [0.5, 0.6) is 0 Å². The number of ether oxygens (including phenoxy) is 1. The fourth-order valence-electron chi connectivity index (χ4n) is 4.21. The van der Waals surface area contributed by atoms with Gasteiger partial charge in [0.05, 0.1) is 13.2 Å². The molecule has 24 heavy (non-hydrogen) atoms. The van der Waals surface area contributed by atoms with Gasteiger partial charge in [-0.05, 0) is 55.8 Å². The molecule has 0 spiro atoms. The first kappa shape index (κ1) is 15.9. The summed E-state index contributed by atoms with van der Waals surface area (Å²) in [7, 11) is 0. The van der Waals surface area contributed by atoms with Gasteiger partial charge in [0, 0.05) is 25.3 Å². The Balaban J connectivity index is 1.13. The highest BCUT2D eigenvalue weighted by atomic mass is 16.5. The third kappa shape index (κ3) is 3.57. The SMILES string of the molecule is O=C(Nc1ccccc1)N1CC2C(COCCN3CCCC3)C2C1. The molecule has 2 aliphatic heterocycles. The Kier molecular flexibility index (Phi) is 4.72. The maximum Gasteiger partial charge on any atom is 0.321 e. The number of hydrogen-bond donors (Lipinski definition) is 1. The van der Waals surface area contributed by atoms with Gasteiger partial charge in [-0.15, -0.1) is 0 Å². The number of hydrogen-bond acceptors (Lipinski definition) is 3. The van der Waals surface area contributed by atoms with Gasteiger partial charge in [0.2, 0.25) is 0 Å². The van der Waals surface area contributed by atoms with E-state index < -0.39 is 0 Å². The van der Waals surface area contributed by atoms with Crippen molar-refractivity contribution in [1.82, 2.24) is 9.80 Å². The fourth-order valence-corrected chi connectivity index (χ4v) is 4.21. The lowest BCUT2D eigenvalue weighted by molar-refractivity contribution is 0.0933. The second-order valence-corrected chi connectivity index (χ2v) is 7.32. The number of para-hydroxylation sites is 1. The number of urea groups is 1. The third-order valence-electron chi connectivity index (χ3n) is 5.74. The number of fused-ring (bicyclic) bond motifs is 1. The number of carbonyl (C=O) groups excluding carboxylic acids is 1. The molecule has 2 amide bonds. The van der Waals surface area contributed by atoms with Gasteiger partial charge in [-0.2, -0.15) is 0 Å². The van der Waals surface area contributed by atoms with Crippen molar-refractivity contribution in [3.05, 3.63) is 30.3 Å². The average molecular weight is 329 g/mol. The van der Waals surface area contributed by atoms with E-state index in [1.54, 1.807) is 0 Å². The smallest absolute Gasteiger partial charge is 0.321 e. The quantitative estimate of drug-likeness (QED) is 0.816. The number of piperidine rings is 1. The van der Waals surface area contributed by atoms with Crippen LogP contribution in [0.25, 0.3) is 0 Å². The molecule has 0 aromatic heterocycles. The highest BCUT2D eigenvalue weighted by molar-refractivity contribution is 5.89. The number of carbonyl (C=O) groups is 1. The van der Waals surface area contributed by atoms with Gasteiger partial charge in [-0.25, -0.2) is 4.79 Å². The molecule has 3 aliphatic rings. The molecule has 1 aliphatic carbocycles. The van der Waals surface area contributed by atoms with E-state index in [2.05, 4.69) is 10.2 Å². The maximum atomic E-state index is 12.3. The van der Waals surface area contributed by atoms with Crippen molar-refractivity contribution in [3.8, 4) is 0 Å². The van der Waals surface area contributed by atoms with Crippen molar-refractivity contribution in [1.29, 1.82) is 0 Å². The Hall–Kier alpha value is -1.59. The van der Waals surface area contributed by atoms with Gasteiger partial charge in [0.1, 0.15) is 0 Å². The molecule has 5 heteroatoms. The lowest BCUT2D eigenvalue weighted by atomic mass is 10.3. The number of nitrogens with zero attached hydrogens (tertiary/aromatic N) is 2. The van der Waals surface area contributed by atoms with Crippen molar-refractivity contribution in [2.24, 2.45) is 17.8 Å². The van der Waals surface area contributed by atoms with Crippen molar-refractivity contribution in [3.63, 3.8) is 0 Å². The summed E-state index contributed by atoms with van der Waals surface area (Å²) in [5, 5.41) is 2.97. The van der Waals surface area contributed by atoms with Crippen LogP contribution in [-0.4, -0.2) is 61.8 Å². The van der Waals surface area contributed by atoms with Crippen molar-refractivity contribution < 1.29 is 9.53 Å². The summed E-state index contributed by atoms with van der Waals surface area (Å²) in [5.74, 6) is 1.97. The molecule has 1 aromatic carbocycles. The molecule has 4 rings (SSSR count). The van der Waals surface area contributed by atoms with E-state index in [1.165, 1.54) is 25.9 Å². The minimum Gasteiger partial charge on any atom is -0.380 e. The van der Waals surface area contributed by atoms with Crippen LogP contribution >= 0.6 is 0 Å². The van der Waals surface area contributed by atoms with Gasteiger partial charge in [-0.1, -0.05) is 18.2 Å². The van der Waals surface area contributed by atoms with Crippen LogP contribution in [-0.2, 0) is 4.74 Å². The lowest BCUT2D eigenvalue weighted by Gasteiger charge is -2.20. The highest BCUT2D eigenvalue weighted by Crippen LogP contribution is 2.51. The number of nitrogens with one attached hydrogen (secondary N) is 1. The van der Waals surface area contributed by atoms with E-state index in [4.69, 9.17) is 4.74 Å². The molecule has 130 valence electrons. The lowest BCUT2D eigenvalue weighted by Crippen LogP contribution is -2.35. The molecule has 5 nitrogen and oxygen atoms in total. The second kappa shape index (κ2) is 7.11. The Labute approximate surface area is 144 Å². The molecule has 2 atom stereocenters. The Morgan fingerprint density at radius 1 is 1.12 bits per heavy atom. The van der Waals surface area contributed by atoms with E-state index in [0.717, 1.165) is 38.5 Å². The molecule has 2 unspecified atom stereocenters. The summed E-state index contributed by atoms with van der Waals surface area (Å²) in [6, 6.07) is 9.70. The first-order valence-electron chi connectivity index (χ1n) is 9.22. The number of likely N-dealkylation sites (tertiary alicyclic amines) is 2. The van der Waals surface area contributed by atoms with E-state index >= 15 is 0 Å². The Morgan fingerprint density at radius 2 is 1.83 bits per heavy atom. The molecule has 0 bridgehead atoms. The first-order valence-corrected chi connectivity index (χ1v) is 9.22. The maximum absolute atomic E-state index is 12.3. The molecular weight excluding hydrogens is 302 g/mol. The van der Waals surface area contributed by atoms with E-state index in [1.807, 2.05) is 35.2 Å². The van der Waals surface area contributed by atoms with Crippen LogP contribution in [0, 0.1) is 17.8 Å². The molecule has 0 radical (unpaired) electrons. The zero-order valence-electron chi connectivity index (χ0n) is 14.2. The monoisotopic (exact) mass is 329 g/mol. The van der Waals surface area contributed by atoms with Gasteiger partial charge in [-0.3, -0.25) is 0 Å². The van der Waals surface area contributed by atoms with Gasteiger partial charge >= 0.3 is 6.03 Å². The molecule has 1 N–H and O–H groups in total. The van der Waals surface area contributed by atoms with Gasteiger partial charge in [0.15, 0.2) is 0 Å². The van der Waals surface area contributed by atoms with E-state index in [9.17, 15) is 4.79 Å². The van der Waals surface area contributed by atoms with Crippen LogP contribution < -0.4 is 5.32 Å². The summed E-state index contributed by atoms with van der Waals surface area (Å²) in [6.45, 7) is 7.04. The number of amides is 2. The minimum absolute atomic E-state index is 0.0297. The third-order valence-corrected chi connectivity index (χ3v) is 5.74. The molecule has 2 heterocycles. The summed E-state index contributed by atoms with van der Waals surface area (Å²) in [5.41, 5.74) is 0.866. The minimum atomic E-state index is 0.0297. The topological polar surface area (TPSA) is 44.8 Å². The van der Waals surface area contributed by atoms with Crippen LogP contribution in [0.2, 0.25) is 0 Å². The summed E-state index contributed by atoms with van der Waals surface area (Å²) < 4.78 is 5.89. The Morgan fingerprint density at radius 3 is 2.54 bits per heavy atom. The van der Waals surface area contributed by atoms with Crippen molar-refractivity contribution in [2.75, 3.05) is 51.3 Å². The molecule has 1 saturated carbocycles. The van der Waals surface area contributed by atoms with Crippen LogP contribution in [0.3, 0.4) is 0 Å². The Bertz CT molecular complexity index is 547. The van der Waals surface area contributed by atoms with Gasteiger partial charge < -0.3 is 19.9 Å². The van der Waals surface area contributed by atoms with Crippen LogP contribution in [0.4, 0.5) is 10.5 Å². The van der Waals surface area contributed by atoms with Crippen LogP contribution in [0.1, 0.15) is 12.8 Å². The van der Waals surface area contributed by atoms with E-state index in [-0.39, 0.29) is 6.03 Å². The van der Waals surface area contributed by atoms with Crippen molar-refractivity contribution >= 4 is 11.7 Å². The number of benzene rings is 1. The summed E-state index contributed by atoms with van der Waals surface area (Å²) in [4.78, 5) is 16.7. The summed E-state index contributed by atoms with van der Waals surface area (Å²) in [6.07, 6.45) is 2.68. The first-order chi connectivity index (χ1) is 11.8. The predicted octanol–water partition coefficient (Wildman–Crippen LogP) is 2.51. The summed E-state index contributed by atoms with van der Waals surface area (Å²) >= 11 is 0. The van der Waals surface area contributed by atoms with E-state index in [0.29, 0.717) is 17.8 Å².